The van der Waals surface area contributed by atoms with Crippen molar-refractivity contribution in [2.24, 2.45) is 4.99 Å². The molecule has 1 aliphatic heterocycles. The number of carbonyl (C=O) groups is 1. The fourth-order valence-electron chi connectivity index (χ4n) is 2.82. The highest BCUT2D eigenvalue weighted by atomic mass is 16.2. The van der Waals surface area contributed by atoms with E-state index >= 15 is 0 Å². The molecule has 0 radical (unpaired) electrons. The summed E-state index contributed by atoms with van der Waals surface area (Å²) in [6.07, 6.45) is 7.37. The highest BCUT2D eigenvalue weighted by Crippen LogP contribution is 2.15. The summed E-state index contributed by atoms with van der Waals surface area (Å²) >= 11 is 0. The summed E-state index contributed by atoms with van der Waals surface area (Å²) in [5, 5.41) is 6.69. The average Bonchev–Trinajstić information content (AvgIpc) is 2.57. The maximum Gasteiger partial charge on any atom is 0.243 e. The van der Waals surface area contributed by atoms with E-state index in [0.29, 0.717) is 6.04 Å². The lowest BCUT2D eigenvalue weighted by molar-refractivity contribution is -0.127. The van der Waals surface area contributed by atoms with E-state index in [1.807, 2.05) is 0 Å². The van der Waals surface area contributed by atoms with Crippen molar-refractivity contribution >= 4 is 11.9 Å². The second kappa shape index (κ2) is 12.1. The van der Waals surface area contributed by atoms with Gasteiger partial charge in [0.05, 0.1) is 0 Å². The summed E-state index contributed by atoms with van der Waals surface area (Å²) in [4.78, 5) is 20.3. The Morgan fingerprint density at radius 3 is 2.54 bits per heavy atom. The van der Waals surface area contributed by atoms with Gasteiger partial charge in [0.2, 0.25) is 5.91 Å². The molecule has 1 rings (SSSR count). The molecule has 0 aliphatic carbocycles. The molecule has 0 aromatic heterocycles. The number of hydrogen-bond donors (Lipinski definition) is 2. The molecule has 1 saturated heterocycles. The van der Waals surface area contributed by atoms with Gasteiger partial charge in [-0.1, -0.05) is 19.8 Å². The maximum absolute atomic E-state index is 11.7. The summed E-state index contributed by atoms with van der Waals surface area (Å²) < 4.78 is 0. The standard InChI is InChI=1S/C18H37N5O/c1-5-6-11-19-18(21-15-17(24)22(3)4)20-12-9-14-23-13-8-7-10-16(23)2/h16H,5-15H2,1-4H3,(H2,19,20,21). The molecule has 0 aromatic rings. The highest BCUT2D eigenvalue weighted by Gasteiger charge is 2.17. The molecule has 24 heavy (non-hydrogen) atoms. The van der Waals surface area contributed by atoms with Crippen LogP contribution in [0.5, 0.6) is 0 Å². The van der Waals surface area contributed by atoms with E-state index in [2.05, 4.69) is 34.4 Å². The number of likely N-dealkylation sites (N-methyl/N-ethyl adjacent to an activating group) is 1. The Kier molecular flexibility index (Phi) is 10.5. The number of nitrogens with zero attached hydrogens (tertiary/aromatic N) is 3. The second-order valence-electron chi connectivity index (χ2n) is 6.89. The molecule has 6 heteroatoms. The highest BCUT2D eigenvalue weighted by molar-refractivity contribution is 5.84. The van der Waals surface area contributed by atoms with Crippen LogP contribution in [0, 0.1) is 0 Å². The number of piperidine rings is 1. The topological polar surface area (TPSA) is 60.0 Å². The zero-order valence-electron chi connectivity index (χ0n) is 16.1. The fraction of sp³-hybridized carbons (Fsp3) is 0.889. The Morgan fingerprint density at radius 1 is 1.21 bits per heavy atom. The van der Waals surface area contributed by atoms with Crippen LogP contribution < -0.4 is 10.6 Å². The Balaban J connectivity index is 2.34. The third-order valence-corrected chi connectivity index (χ3v) is 4.55. The van der Waals surface area contributed by atoms with Gasteiger partial charge < -0.3 is 20.4 Å². The van der Waals surface area contributed by atoms with Gasteiger partial charge >= 0.3 is 0 Å². The van der Waals surface area contributed by atoms with Crippen LogP contribution in [0.4, 0.5) is 0 Å². The minimum atomic E-state index is 0.0220. The number of nitrogens with one attached hydrogen (secondary N) is 2. The Hall–Kier alpha value is -1.30. The fourth-order valence-corrected chi connectivity index (χ4v) is 2.82. The van der Waals surface area contributed by atoms with E-state index in [1.165, 1.54) is 25.8 Å². The Labute approximate surface area is 148 Å². The van der Waals surface area contributed by atoms with Crippen LogP contribution in [-0.4, -0.2) is 74.5 Å². The van der Waals surface area contributed by atoms with Gasteiger partial charge in [0.25, 0.3) is 0 Å². The summed E-state index contributed by atoms with van der Waals surface area (Å²) in [6, 6.07) is 0.715. The van der Waals surface area contributed by atoms with E-state index < -0.39 is 0 Å². The van der Waals surface area contributed by atoms with Crippen molar-refractivity contribution in [3.8, 4) is 0 Å². The molecule has 0 aromatic carbocycles. The van der Waals surface area contributed by atoms with Crippen molar-refractivity contribution in [3.63, 3.8) is 0 Å². The largest absolute Gasteiger partial charge is 0.356 e. The molecule has 140 valence electrons. The Morgan fingerprint density at radius 2 is 1.92 bits per heavy atom. The van der Waals surface area contributed by atoms with Crippen molar-refractivity contribution in [3.05, 3.63) is 0 Å². The number of rotatable bonds is 9. The third-order valence-electron chi connectivity index (χ3n) is 4.55. The molecule has 1 fully saturated rings. The number of likely N-dealkylation sites (tertiary alicyclic amines) is 1. The number of unbranched alkanes of at least 4 members (excludes halogenated alkanes) is 1. The molecule has 0 spiro atoms. The molecule has 0 saturated carbocycles. The number of hydrogen-bond acceptors (Lipinski definition) is 3. The van der Waals surface area contributed by atoms with Crippen LogP contribution in [0.2, 0.25) is 0 Å². The third kappa shape index (κ3) is 8.52. The number of guanidine groups is 1. The van der Waals surface area contributed by atoms with Gasteiger partial charge in [0.15, 0.2) is 5.96 Å². The number of aliphatic imine (C=N–C) groups is 1. The quantitative estimate of drug-likeness (QED) is 0.381. The molecular formula is C18H37N5O. The van der Waals surface area contributed by atoms with Gasteiger partial charge in [-0.2, -0.15) is 0 Å². The molecule has 1 amide bonds. The van der Waals surface area contributed by atoms with Crippen LogP contribution in [-0.2, 0) is 4.79 Å². The van der Waals surface area contributed by atoms with E-state index in [9.17, 15) is 4.79 Å². The lowest BCUT2D eigenvalue weighted by atomic mass is 10.0. The van der Waals surface area contributed by atoms with Crippen molar-refractivity contribution in [1.29, 1.82) is 0 Å². The maximum atomic E-state index is 11.7. The Bertz CT molecular complexity index is 384. The van der Waals surface area contributed by atoms with Crippen LogP contribution in [0.25, 0.3) is 0 Å². The van der Waals surface area contributed by atoms with Crippen molar-refractivity contribution < 1.29 is 4.79 Å². The monoisotopic (exact) mass is 339 g/mol. The first-order chi connectivity index (χ1) is 11.5. The van der Waals surface area contributed by atoms with Crippen molar-refractivity contribution in [2.45, 2.75) is 58.4 Å². The van der Waals surface area contributed by atoms with E-state index in [-0.39, 0.29) is 12.5 Å². The molecule has 0 bridgehead atoms. The molecule has 1 unspecified atom stereocenters. The molecular weight excluding hydrogens is 302 g/mol. The molecule has 2 N–H and O–H groups in total. The van der Waals surface area contributed by atoms with Gasteiger partial charge in [-0.05, 0) is 39.2 Å². The van der Waals surface area contributed by atoms with Gasteiger partial charge in [0, 0.05) is 39.8 Å². The lowest BCUT2D eigenvalue weighted by Gasteiger charge is -2.33. The van der Waals surface area contributed by atoms with Gasteiger partial charge in [-0.25, -0.2) is 4.99 Å². The first-order valence-electron chi connectivity index (χ1n) is 9.51. The van der Waals surface area contributed by atoms with Crippen LogP contribution in [0.3, 0.4) is 0 Å². The molecule has 1 heterocycles. The predicted octanol–water partition coefficient (Wildman–Crippen LogP) is 1.67. The van der Waals surface area contributed by atoms with Crippen LogP contribution in [0.15, 0.2) is 4.99 Å². The SMILES string of the molecule is CCCCNC(=NCC(=O)N(C)C)NCCCN1CCCCC1C. The van der Waals surface area contributed by atoms with Crippen LogP contribution >= 0.6 is 0 Å². The first kappa shape index (κ1) is 20.7. The minimum Gasteiger partial charge on any atom is -0.356 e. The second-order valence-corrected chi connectivity index (χ2v) is 6.89. The predicted molar refractivity (Wildman–Crippen MR) is 101 cm³/mol. The number of amides is 1. The summed E-state index contributed by atoms with van der Waals surface area (Å²) in [6.45, 7) is 8.83. The molecule has 6 nitrogen and oxygen atoms in total. The number of carbonyl (C=O) groups excluding carboxylic acids is 1. The average molecular weight is 340 g/mol. The van der Waals surface area contributed by atoms with Crippen LogP contribution in [0.1, 0.15) is 52.4 Å². The zero-order valence-corrected chi connectivity index (χ0v) is 16.1. The smallest absolute Gasteiger partial charge is 0.243 e. The first-order valence-corrected chi connectivity index (χ1v) is 9.51. The summed E-state index contributed by atoms with van der Waals surface area (Å²) in [5.41, 5.74) is 0. The van der Waals surface area contributed by atoms with E-state index in [1.54, 1.807) is 19.0 Å². The van der Waals surface area contributed by atoms with Gasteiger partial charge in [-0.3, -0.25) is 4.79 Å². The normalized spacial score (nSPS) is 19.2. The summed E-state index contributed by atoms with van der Waals surface area (Å²) in [7, 11) is 3.52. The van der Waals surface area contributed by atoms with E-state index in [0.717, 1.165) is 44.9 Å². The molecule has 1 atom stereocenters. The molecule has 1 aliphatic rings. The van der Waals surface area contributed by atoms with Gasteiger partial charge in [-0.15, -0.1) is 0 Å². The van der Waals surface area contributed by atoms with Crippen molar-refractivity contribution in [1.82, 2.24) is 20.4 Å². The van der Waals surface area contributed by atoms with Gasteiger partial charge in [0.1, 0.15) is 6.54 Å². The minimum absolute atomic E-state index is 0.0220. The van der Waals surface area contributed by atoms with E-state index in [4.69, 9.17) is 0 Å². The lowest BCUT2D eigenvalue weighted by Crippen LogP contribution is -2.42. The summed E-state index contributed by atoms with van der Waals surface area (Å²) in [5.74, 6) is 0.777. The van der Waals surface area contributed by atoms with Crippen molar-refractivity contribution in [2.75, 3.05) is 46.8 Å². The zero-order chi connectivity index (χ0) is 17.8.